The van der Waals surface area contributed by atoms with Crippen molar-refractivity contribution in [3.63, 3.8) is 0 Å². The smallest absolute Gasteiger partial charge is 0.242 e. The Kier molecular flexibility index (Phi) is 6.03. The molecule has 19 heavy (non-hydrogen) atoms. The third kappa shape index (κ3) is 4.46. The zero-order chi connectivity index (χ0) is 14.1. The summed E-state index contributed by atoms with van der Waals surface area (Å²) >= 11 is 0. The van der Waals surface area contributed by atoms with E-state index >= 15 is 0 Å². The molecule has 0 saturated heterocycles. The topological polar surface area (TPSA) is 0 Å². The van der Waals surface area contributed by atoms with Crippen LogP contribution in [-0.4, -0.2) is 0 Å². The third-order valence-electron chi connectivity index (χ3n) is 3.24. The Morgan fingerprint density at radius 2 is 1.37 bits per heavy atom. The second-order valence-electron chi connectivity index (χ2n) is 7.01. The van der Waals surface area contributed by atoms with Gasteiger partial charge in [0.05, 0.1) is 0 Å². The fraction of sp³-hybridized carbons (Fsp3) is 0.444. The van der Waals surface area contributed by atoms with Crippen molar-refractivity contribution in [2.75, 3.05) is 0 Å². The van der Waals surface area contributed by atoms with Crippen molar-refractivity contribution in [2.24, 2.45) is 10.8 Å². The molecule has 0 aliphatic carbocycles. The van der Waals surface area contributed by atoms with E-state index in [1.54, 1.807) is 0 Å². The van der Waals surface area contributed by atoms with Gasteiger partial charge in [0.15, 0.2) is 0 Å². The molecule has 1 aromatic rings. The standard InChI is InChI=1S/C18H26.W/c1-13-11-9-10-12-15(13)16(18(6,7)8)14(2)17(3,4)5;/h9-12H,1-2H2,3-8H3;/q-2;+2. The Morgan fingerprint density at radius 3 is 1.74 bits per heavy atom. The normalized spacial score (nSPS) is 13.6. The van der Waals surface area contributed by atoms with Crippen LogP contribution in [0.3, 0.4) is 0 Å². The van der Waals surface area contributed by atoms with E-state index in [4.69, 9.17) is 0 Å². The molecule has 0 bridgehead atoms. The number of hydrogen-bond donors (Lipinski definition) is 0. The number of rotatable bonds is 1. The minimum Gasteiger partial charge on any atom is -0.242 e. The molecule has 0 unspecified atom stereocenters. The number of benzene rings is 1. The maximum atomic E-state index is 4.35. The predicted octanol–water partition coefficient (Wildman–Crippen LogP) is 5.55. The summed E-state index contributed by atoms with van der Waals surface area (Å²) in [6, 6.07) is 8.33. The molecule has 0 saturated carbocycles. The van der Waals surface area contributed by atoms with Crippen molar-refractivity contribution in [3.8, 4) is 0 Å². The van der Waals surface area contributed by atoms with Gasteiger partial charge in [-0.05, 0) is 5.41 Å². The van der Waals surface area contributed by atoms with Crippen LogP contribution in [0.4, 0.5) is 0 Å². The Hall–Kier alpha value is -0.612. The van der Waals surface area contributed by atoms with E-state index in [1.165, 1.54) is 16.7 Å². The van der Waals surface area contributed by atoms with E-state index < -0.39 is 0 Å². The van der Waals surface area contributed by atoms with Gasteiger partial charge in [-0.25, -0.2) is 29.2 Å². The fourth-order valence-electron chi connectivity index (χ4n) is 2.16. The van der Waals surface area contributed by atoms with Crippen LogP contribution < -0.4 is 0 Å². The largest absolute Gasteiger partial charge is 2.00 e. The van der Waals surface area contributed by atoms with Crippen LogP contribution in [0.5, 0.6) is 0 Å². The van der Waals surface area contributed by atoms with Crippen LogP contribution in [0.15, 0.2) is 29.8 Å². The molecule has 1 aromatic carbocycles. The molecular weight excluding hydrogens is 400 g/mol. The zero-order valence-electron chi connectivity index (χ0n) is 13.1. The maximum Gasteiger partial charge on any atom is 2.00 e. The van der Waals surface area contributed by atoms with Crippen LogP contribution in [0, 0.1) is 24.7 Å². The number of allylic oxidation sites excluding steroid dienone is 2. The van der Waals surface area contributed by atoms with Gasteiger partial charge in [0.1, 0.15) is 0 Å². The molecular formula is C18H26W. The Morgan fingerprint density at radius 1 is 0.895 bits per heavy atom. The third-order valence-corrected chi connectivity index (χ3v) is 3.24. The molecule has 0 fully saturated rings. The molecule has 0 amide bonds. The molecule has 0 aliphatic rings. The van der Waals surface area contributed by atoms with Crippen molar-refractivity contribution in [3.05, 3.63) is 54.8 Å². The first-order valence-electron chi connectivity index (χ1n) is 6.53. The van der Waals surface area contributed by atoms with Gasteiger partial charge in [-0.15, -0.1) is 12.1 Å². The quantitative estimate of drug-likeness (QED) is 0.517. The average molecular weight is 426 g/mol. The first-order chi connectivity index (χ1) is 8.05. The summed E-state index contributed by atoms with van der Waals surface area (Å²) in [5, 5.41) is 0. The molecule has 0 heterocycles. The van der Waals surface area contributed by atoms with Crippen LogP contribution >= 0.6 is 0 Å². The summed E-state index contributed by atoms with van der Waals surface area (Å²) in [5.74, 6) is 0. The Labute approximate surface area is 134 Å². The zero-order valence-corrected chi connectivity index (χ0v) is 16.1. The predicted molar refractivity (Wildman–Crippen MR) is 82.1 cm³/mol. The fourth-order valence-corrected chi connectivity index (χ4v) is 2.16. The molecule has 104 valence electrons. The number of hydrogen-bond acceptors (Lipinski definition) is 0. The van der Waals surface area contributed by atoms with Crippen molar-refractivity contribution >= 4 is 5.57 Å². The Bertz CT molecular complexity index is 453. The summed E-state index contributed by atoms with van der Waals surface area (Å²) in [4.78, 5) is 0. The minimum atomic E-state index is 0. The molecule has 0 nitrogen and oxygen atoms in total. The Balaban J connectivity index is 0.00000324. The van der Waals surface area contributed by atoms with Gasteiger partial charge in [-0.3, -0.25) is 0 Å². The molecule has 0 aliphatic heterocycles. The van der Waals surface area contributed by atoms with Crippen molar-refractivity contribution in [2.45, 2.75) is 41.5 Å². The van der Waals surface area contributed by atoms with Gasteiger partial charge in [-0.1, -0.05) is 53.0 Å². The molecule has 1 heteroatoms. The van der Waals surface area contributed by atoms with Gasteiger partial charge in [-0.2, -0.15) is 13.0 Å². The van der Waals surface area contributed by atoms with Gasteiger partial charge in [0.2, 0.25) is 0 Å². The van der Waals surface area contributed by atoms with Gasteiger partial charge < -0.3 is 0 Å². The van der Waals surface area contributed by atoms with Gasteiger partial charge in [0, 0.05) is 0 Å². The van der Waals surface area contributed by atoms with Crippen molar-refractivity contribution < 1.29 is 21.1 Å². The summed E-state index contributed by atoms with van der Waals surface area (Å²) in [7, 11) is 0. The molecule has 0 aromatic heterocycles. The second kappa shape index (κ2) is 6.23. The summed E-state index contributed by atoms with van der Waals surface area (Å²) in [6.07, 6.45) is 0. The summed E-state index contributed by atoms with van der Waals surface area (Å²) in [5.41, 5.74) is 4.97. The van der Waals surface area contributed by atoms with Crippen LogP contribution in [-0.2, 0) is 21.1 Å². The molecule has 0 N–H and O–H groups in total. The van der Waals surface area contributed by atoms with E-state index in [2.05, 4.69) is 73.6 Å². The van der Waals surface area contributed by atoms with Crippen LogP contribution in [0.25, 0.3) is 5.57 Å². The molecule has 0 spiro atoms. The summed E-state index contributed by atoms with van der Waals surface area (Å²) < 4.78 is 0. The second-order valence-corrected chi connectivity index (χ2v) is 7.01. The van der Waals surface area contributed by atoms with Crippen LogP contribution in [0.1, 0.15) is 52.7 Å². The van der Waals surface area contributed by atoms with Crippen molar-refractivity contribution in [1.82, 2.24) is 0 Å². The van der Waals surface area contributed by atoms with Gasteiger partial charge in [0.25, 0.3) is 0 Å². The molecule has 0 atom stereocenters. The first kappa shape index (κ1) is 18.4. The SMILES string of the molecule is [CH2-]C(=C(c1ccccc1[CH2-])C(C)(C)C)C(C)(C)C.[W+2]. The average Bonchev–Trinajstić information content (AvgIpc) is 2.17. The maximum absolute atomic E-state index is 4.35. The van der Waals surface area contributed by atoms with E-state index in [9.17, 15) is 0 Å². The first-order valence-corrected chi connectivity index (χ1v) is 6.53. The molecule has 0 radical (unpaired) electrons. The van der Waals surface area contributed by atoms with E-state index in [0.29, 0.717) is 0 Å². The van der Waals surface area contributed by atoms with Crippen molar-refractivity contribution in [1.29, 1.82) is 0 Å². The molecule has 1 rings (SSSR count). The van der Waals surface area contributed by atoms with E-state index in [1.807, 2.05) is 6.07 Å². The summed E-state index contributed by atoms with van der Waals surface area (Å²) in [6.45, 7) is 21.9. The monoisotopic (exact) mass is 426 g/mol. The minimum absolute atomic E-state index is 0. The van der Waals surface area contributed by atoms with Crippen LogP contribution in [0.2, 0.25) is 0 Å². The van der Waals surface area contributed by atoms with E-state index in [-0.39, 0.29) is 31.9 Å². The van der Waals surface area contributed by atoms with E-state index in [0.717, 1.165) is 5.56 Å². The van der Waals surface area contributed by atoms with Gasteiger partial charge >= 0.3 is 21.1 Å².